The quantitative estimate of drug-likeness (QED) is 0.467. The molecule has 1 aromatic carbocycles. The van der Waals surface area contributed by atoms with E-state index in [4.69, 9.17) is 9.47 Å². The highest BCUT2D eigenvalue weighted by atomic mass is 79.9. The standard InChI is InChI=1S/C18H18BrN3O3/c1-10(2)22-9-20-14-8-15(19)21-17(16(14)22)25-12-6-5-11(3)13(7-12)18(23)24-4/h5-10H,1-4H3. The maximum atomic E-state index is 11.9. The fourth-order valence-electron chi connectivity index (χ4n) is 2.57. The molecule has 0 aliphatic carbocycles. The van der Waals surface area contributed by atoms with Gasteiger partial charge < -0.3 is 14.0 Å². The zero-order valence-corrected chi connectivity index (χ0v) is 16.0. The Balaban J connectivity index is 2.09. The van der Waals surface area contributed by atoms with Crippen LogP contribution in [0.3, 0.4) is 0 Å². The number of fused-ring (bicyclic) bond motifs is 1. The van der Waals surface area contributed by atoms with E-state index in [2.05, 4.69) is 39.7 Å². The maximum absolute atomic E-state index is 11.9. The second-order valence-corrected chi connectivity index (χ2v) is 6.75. The van der Waals surface area contributed by atoms with Gasteiger partial charge >= 0.3 is 5.97 Å². The number of benzene rings is 1. The van der Waals surface area contributed by atoms with E-state index in [1.54, 1.807) is 18.5 Å². The van der Waals surface area contributed by atoms with Crippen molar-refractivity contribution in [3.8, 4) is 11.6 Å². The van der Waals surface area contributed by atoms with E-state index in [0.717, 1.165) is 16.6 Å². The van der Waals surface area contributed by atoms with Crippen LogP contribution in [0.5, 0.6) is 11.6 Å². The number of methoxy groups -OCH3 is 1. The molecular formula is C18H18BrN3O3. The Bertz CT molecular complexity index is 950. The summed E-state index contributed by atoms with van der Waals surface area (Å²) in [6.07, 6.45) is 1.77. The monoisotopic (exact) mass is 403 g/mol. The lowest BCUT2D eigenvalue weighted by Crippen LogP contribution is -2.04. The summed E-state index contributed by atoms with van der Waals surface area (Å²) >= 11 is 3.39. The highest BCUT2D eigenvalue weighted by Gasteiger charge is 2.17. The van der Waals surface area contributed by atoms with E-state index < -0.39 is 5.97 Å². The van der Waals surface area contributed by atoms with E-state index in [-0.39, 0.29) is 6.04 Å². The second-order valence-electron chi connectivity index (χ2n) is 5.93. The van der Waals surface area contributed by atoms with E-state index in [1.165, 1.54) is 7.11 Å². The lowest BCUT2D eigenvalue weighted by Gasteiger charge is -2.13. The molecule has 0 spiro atoms. The molecule has 2 aromatic heterocycles. The molecular weight excluding hydrogens is 386 g/mol. The summed E-state index contributed by atoms with van der Waals surface area (Å²) in [6, 6.07) is 7.32. The minimum Gasteiger partial charge on any atom is -0.465 e. The van der Waals surface area contributed by atoms with Crippen molar-refractivity contribution in [2.45, 2.75) is 26.8 Å². The van der Waals surface area contributed by atoms with E-state index in [1.807, 2.05) is 23.6 Å². The first-order chi connectivity index (χ1) is 11.9. The van der Waals surface area contributed by atoms with Crippen LogP contribution in [-0.4, -0.2) is 27.6 Å². The Kier molecular flexibility index (Phi) is 4.76. The zero-order chi connectivity index (χ0) is 18.1. The molecule has 0 N–H and O–H groups in total. The van der Waals surface area contributed by atoms with Gasteiger partial charge in [-0.1, -0.05) is 6.07 Å². The van der Waals surface area contributed by atoms with Gasteiger partial charge in [-0.25, -0.2) is 14.8 Å². The summed E-state index contributed by atoms with van der Waals surface area (Å²) in [4.78, 5) is 20.8. The Labute approximate surface area is 153 Å². The molecule has 0 saturated carbocycles. The largest absolute Gasteiger partial charge is 0.465 e. The van der Waals surface area contributed by atoms with Gasteiger partial charge in [0.1, 0.15) is 15.9 Å². The molecule has 130 valence electrons. The molecule has 0 aliphatic rings. The third-order valence-electron chi connectivity index (χ3n) is 3.87. The highest BCUT2D eigenvalue weighted by Crippen LogP contribution is 2.32. The number of pyridine rings is 1. The van der Waals surface area contributed by atoms with Crippen LogP contribution in [0.15, 0.2) is 35.2 Å². The number of nitrogens with zero attached hydrogens (tertiary/aromatic N) is 3. The van der Waals surface area contributed by atoms with Gasteiger partial charge in [-0.05, 0) is 60.5 Å². The molecule has 0 radical (unpaired) electrons. The summed E-state index contributed by atoms with van der Waals surface area (Å²) in [6.45, 7) is 5.97. The minimum absolute atomic E-state index is 0.207. The van der Waals surface area contributed by atoms with Crippen molar-refractivity contribution in [2.75, 3.05) is 7.11 Å². The Morgan fingerprint density at radius 1 is 1.28 bits per heavy atom. The molecule has 0 bridgehead atoms. The van der Waals surface area contributed by atoms with Crippen molar-refractivity contribution >= 4 is 32.9 Å². The first-order valence-corrected chi connectivity index (χ1v) is 8.60. The van der Waals surface area contributed by atoms with Crippen molar-refractivity contribution in [2.24, 2.45) is 0 Å². The van der Waals surface area contributed by atoms with Gasteiger partial charge in [0.05, 0.1) is 24.5 Å². The molecule has 25 heavy (non-hydrogen) atoms. The van der Waals surface area contributed by atoms with Crippen molar-refractivity contribution < 1.29 is 14.3 Å². The van der Waals surface area contributed by atoms with Gasteiger partial charge in [0.15, 0.2) is 0 Å². The van der Waals surface area contributed by atoms with Gasteiger partial charge in [-0.15, -0.1) is 0 Å². The normalized spacial score (nSPS) is 11.1. The summed E-state index contributed by atoms with van der Waals surface area (Å²) in [5, 5.41) is 0. The molecule has 0 aliphatic heterocycles. The topological polar surface area (TPSA) is 66.2 Å². The van der Waals surface area contributed by atoms with Crippen LogP contribution < -0.4 is 4.74 Å². The van der Waals surface area contributed by atoms with Crippen molar-refractivity contribution in [3.05, 3.63) is 46.3 Å². The smallest absolute Gasteiger partial charge is 0.338 e. The van der Waals surface area contributed by atoms with Gasteiger partial charge in [0.2, 0.25) is 5.88 Å². The number of imidazole rings is 1. The van der Waals surface area contributed by atoms with Crippen molar-refractivity contribution in [1.82, 2.24) is 14.5 Å². The number of carbonyl (C=O) groups is 1. The first kappa shape index (κ1) is 17.4. The van der Waals surface area contributed by atoms with Crippen LogP contribution in [0.2, 0.25) is 0 Å². The summed E-state index contributed by atoms with van der Waals surface area (Å²) in [7, 11) is 1.36. The number of halogens is 1. The molecule has 7 heteroatoms. The van der Waals surface area contributed by atoms with Crippen molar-refractivity contribution in [3.63, 3.8) is 0 Å². The molecule has 3 rings (SSSR count). The number of hydrogen-bond acceptors (Lipinski definition) is 5. The first-order valence-electron chi connectivity index (χ1n) is 7.80. The van der Waals surface area contributed by atoms with Gasteiger partial charge in [0.25, 0.3) is 0 Å². The second kappa shape index (κ2) is 6.84. The zero-order valence-electron chi connectivity index (χ0n) is 14.4. The molecule has 0 fully saturated rings. The predicted octanol–water partition coefficient (Wildman–Crippen LogP) is 4.66. The lowest BCUT2D eigenvalue weighted by atomic mass is 10.1. The Hall–Kier alpha value is -2.41. The average molecular weight is 404 g/mol. The number of hydrogen-bond donors (Lipinski definition) is 0. The molecule has 3 aromatic rings. The molecule has 0 unspecified atom stereocenters. The molecule has 0 atom stereocenters. The minimum atomic E-state index is -0.400. The SMILES string of the molecule is COC(=O)c1cc(Oc2nc(Br)cc3ncn(C(C)C)c23)ccc1C. The highest BCUT2D eigenvalue weighted by molar-refractivity contribution is 9.10. The Morgan fingerprint density at radius 2 is 2.04 bits per heavy atom. The maximum Gasteiger partial charge on any atom is 0.338 e. The van der Waals surface area contributed by atoms with Crippen LogP contribution in [0, 0.1) is 6.92 Å². The van der Waals surface area contributed by atoms with Crippen LogP contribution in [-0.2, 0) is 4.74 Å². The summed E-state index contributed by atoms with van der Waals surface area (Å²) < 4.78 is 13.4. The number of esters is 1. The average Bonchev–Trinajstić information content (AvgIpc) is 3.00. The van der Waals surface area contributed by atoms with Crippen LogP contribution in [0.25, 0.3) is 11.0 Å². The van der Waals surface area contributed by atoms with Crippen LogP contribution >= 0.6 is 15.9 Å². The summed E-state index contributed by atoms with van der Waals surface area (Å²) in [5.74, 6) is 0.534. The predicted molar refractivity (Wildman–Crippen MR) is 98.2 cm³/mol. The van der Waals surface area contributed by atoms with Crippen LogP contribution in [0.4, 0.5) is 0 Å². The number of aromatic nitrogens is 3. The lowest BCUT2D eigenvalue weighted by molar-refractivity contribution is 0.0599. The Morgan fingerprint density at radius 3 is 2.72 bits per heavy atom. The number of rotatable bonds is 4. The fourth-order valence-corrected chi connectivity index (χ4v) is 2.94. The fraction of sp³-hybridized carbons (Fsp3) is 0.278. The molecule has 0 saturated heterocycles. The third-order valence-corrected chi connectivity index (χ3v) is 4.28. The number of ether oxygens (including phenoxy) is 2. The van der Waals surface area contributed by atoms with E-state index in [9.17, 15) is 4.79 Å². The molecule has 0 amide bonds. The number of aryl methyl sites for hydroxylation is 1. The van der Waals surface area contributed by atoms with Gasteiger partial charge in [0, 0.05) is 6.04 Å². The van der Waals surface area contributed by atoms with Gasteiger partial charge in [-0.3, -0.25) is 0 Å². The van der Waals surface area contributed by atoms with Crippen LogP contribution in [0.1, 0.15) is 35.8 Å². The number of carbonyl (C=O) groups excluding carboxylic acids is 1. The van der Waals surface area contributed by atoms with Crippen molar-refractivity contribution in [1.29, 1.82) is 0 Å². The summed E-state index contributed by atoms with van der Waals surface area (Å²) in [5.41, 5.74) is 2.87. The third kappa shape index (κ3) is 3.37. The van der Waals surface area contributed by atoms with E-state index in [0.29, 0.717) is 21.8 Å². The van der Waals surface area contributed by atoms with E-state index >= 15 is 0 Å². The molecule has 6 nitrogen and oxygen atoms in total. The van der Waals surface area contributed by atoms with Gasteiger partial charge in [-0.2, -0.15) is 0 Å². The molecule has 2 heterocycles.